The summed E-state index contributed by atoms with van der Waals surface area (Å²) in [5.74, 6) is 0.890. The van der Waals surface area contributed by atoms with Crippen molar-refractivity contribution in [1.82, 2.24) is 10.6 Å². The Morgan fingerprint density at radius 1 is 1.24 bits per heavy atom. The molecule has 0 bridgehead atoms. The second-order valence-corrected chi connectivity index (χ2v) is 5.85. The highest BCUT2D eigenvalue weighted by Gasteiger charge is 2.19. The van der Waals surface area contributed by atoms with Crippen LogP contribution in [0.25, 0.3) is 0 Å². The van der Waals surface area contributed by atoms with Crippen molar-refractivity contribution in [2.24, 2.45) is 5.92 Å². The summed E-state index contributed by atoms with van der Waals surface area (Å²) in [7, 11) is 0. The Morgan fingerprint density at radius 2 is 2.00 bits per heavy atom. The van der Waals surface area contributed by atoms with E-state index in [9.17, 15) is 0 Å². The average Bonchev–Trinajstić information content (AvgIpc) is 2.83. The minimum atomic E-state index is 0.362. The molecule has 2 rings (SSSR count). The number of ether oxygens (including phenoxy) is 1. The lowest BCUT2D eigenvalue weighted by atomic mass is 9.87. The molecule has 1 atom stereocenters. The normalized spacial score (nSPS) is 33.4. The van der Waals surface area contributed by atoms with Crippen molar-refractivity contribution in [2.75, 3.05) is 13.2 Å². The molecule has 3 nitrogen and oxygen atoms in total. The van der Waals surface area contributed by atoms with Gasteiger partial charge >= 0.3 is 0 Å². The third-order valence-electron chi connectivity index (χ3n) is 3.87. The summed E-state index contributed by atoms with van der Waals surface area (Å²) in [5.41, 5.74) is 0. The summed E-state index contributed by atoms with van der Waals surface area (Å²) in [6.45, 7) is 4.10. The predicted octanol–water partition coefficient (Wildman–Crippen LogP) is 2.21. The molecule has 0 amide bonds. The fourth-order valence-corrected chi connectivity index (χ4v) is 2.90. The molecule has 2 N–H and O–H groups in total. The summed E-state index contributed by atoms with van der Waals surface area (Å²) in [5, 5.41) is 7.51. The number of hydrogen-bond donors (Lipinski definition) is 2. The van der Waals surface area contributed by atoms with E-state index in [0.717, 1.165) is 30.6 Å². The second-order valence-electron chi connectivity index (χ2n) is 5.45. The molecule has 1 saturated heterocycles. The first-order chi connectivity index (χ1) is 8.24. The van der Waals surface area contributed by atoms with Crippen molar-refractivity contribution >= 4 is 17.3 Å². The third-order valence-corrected chi connectivity index (χ3v) is 4.13. The van der Waals surface area contributed by atoms with E-state index in [1.54, 1.807) is 0 Å². The molecule has 0 aromatic rings. The van der Waals surface area contributed by atoms with Gasteiger partial charge in [-0.2, -0.15) is 0 Å². The zero-order chi connectivity index (χ0) is 12.1. The zero-order valence-electron chi connectivity index (χ0n) is 10.7. The number of rotatable bonds is 3. The molecule has 4 heteroatoms. The molecule has 0 spiro atoms. The van der Waals surface area contributed by atoms with Crippen molar-refractivity contribution in [2.45, 2.75) is 57.6 Å². The van der Waals surface area contributed by atoms with E-state index in [1.165, 1.54) is 32.1 Å². The van der Waals surface area contributed by atoms with E-state index < -0.39 is 0 Å². The number of thiocarbonyl (C=S) groups is 1. The highest BCUT2D eigenvalue weighted by atomic mass is 32.1. The molecule has 0 aromatic heterocycles. The van der Waals surface area contributed by atoms with Gasteiger partial charge in [-0.25, -0.2) is 0 Å². The first-order valence-corrected chi connectivity index (χ1v) is 7.31. The lowest BCUT2D eigenvalue weighted by Crippen LogP contribution is -2.45. The number of hydrogen-bond acceptors (Lipinski definition) is 2. The summed E-state index contributed by atoms with van der Waals surface area (Å²) in [6, 6.07) is 0.579. The van der Waals surface area contributed by atoms with Crippen molar-refractivity contribution in [3.05, 3.63) is 0 Å². The third kappa shape index (κ3) is 4.43. The molecular formula is C13H24N2OS. The van der Waals surface area contributed by atoms with E-state index in [2.05, 4.69) is 17.6 Å². The molecule has 0 radical (unpaired) electrons. The SMILES string of the molecule is CC1CCC(NC(=S)NCC2CCCO2)CC1. The molecule has 1 heterocycles. The van der Waals surface area contributed by atoms with E-state index in [4.69, 9.17) is 17.0 Å². The predicted molar refractivity (Wildman–Crippen MR) is 74.1 cm³/mol. The van der Waals surface area contributed by atoms with Crippen LogP contribution < -0.4 is 10.6 Å². The molecule has 1 saturated carbocycles. The molecule has 1 aliphatic carbocycles. The van der Waals surface area contributed by atoms with E-state index >= 15 is 0 Å². The maximum atomic E-state index is 5.56. The van der Waals surface area contributed by atoms with E-state index in [-0.39, 0.29) is 0 Å². The van der Waals surface area contributed by atoms with Crippen LogP contribution in [0.1, 0.15) is 45.4 Å². The largest absolute Gasteiger partial charge is 0.376 e. The topological polar surface area (TPSA) is 33.3 Å². The standard InChI is InChI=1S/C13H24N2OS/c1-10-4-6-11(7-5-10)15-13(17)14-9-12-3-2-8-16-12/h10-12H,2-9H2,1H3,(H2,14,15,17). The van der Waals surface area contributed by atoms with Gasteiger partial charge in [0.1, 0.15) is 0 Å². The zero-order valence-corrected chi connectivity index (χ0v) is 11.5. The van der Waals surface area contributed by atoms with Gasteiger partial charge in [0.2, 0.25) is 0 Å². The van der Waals surface area contributed by atoms with Crippen LogP contribution in [-0.4, -0.2) is 30.4 Å². The lowest BCUT2D eigenvalue weighted by molar-refractivity contribution is 0.114. The monoisotopic (exact) mass is 256 g/mol. The van der Waals surface area contributed by atoms with Crippen molar-refractivity contribution < 1.29 is 4.74 Å². The Morgan fingerprint density at radius 3 is 2.65 bits per heavy atom. The Kier molecular flexibility index (Phi) is 5.04. The van der Waals surface area contributed by atoms with Crippen molar-refractivity contribution in [3.63, 3.8) is 0 Å². The Hall–Kier alpha value is -0.350. The molecule has 1 unspecified atom stereocenters. The summed E-state index contributed by atoms with van der Waals surface area (Å²) in [4.78, 5) is 0. The van der Waals surface area contributed by atoms with Gasteiger partial charge in [-0.15, -0.1) is 0 Å². The van der Waals surface area contributed by atoms with Crippen LogP contribution >= 0.6 is 12.2 Å². The van der Waals surface area contributed by atoms with Crippen molar-refractivity contribution in [1.29, 1.82) is 0 Å². The van der Waals surface area contributed by atoms with Crippen LogP contribution in [0.4, 0.5) is 0 Å². The molecule has 2 aliphatic rings. The van der Waals surface area contributed by atoms with Crippen LogP contribution in [-0.2, 0) is 4.74 Å². The van der Waals surface area contributed by atoms with Crippen LogP contribution in [0.3, 0.4) is 0 Å². The first-order valence-electron chi connectivity index (χ1n) is 6.90. The van der Waals surface area contributed by atoms with Gasteiger partial charge in [-0.3, -0.25) is 0 Å². The molecule has 2 fully saturated rings. The molecule has 0 aromatic carbocycles. The summed E-state index contributed by atoms with van der Waals surface area (Å²) >= 11 is 5.32. The minimum Gasteiger partial charge on any atom is -0.376 e. The highest BCUT2D eigenvalue weighted by Crippen LogP contribution is 2.23. The first kappa shape index (κ1) is 13.1. The Labute approximate surface area is 110 Å². The van der Waals surface area contributed by atoms with Crippen LogP contribution in [0.15, 0.2) is 0 Å². The van der Waals surface area contributed by atoms with Crippen LogP contribution in [0.2, 0.25) is 0 Å². The van der Waals surface area contributed by atoms with Gasteiger partial charge in [0.25, 0.3) is 0 Å². The van der Waals surface area contributed by atoms with Crippen molar-refractivity contribution in [3.8, 4) is 0 Å². The van der Waals surface area contributed by atoms with E-state index in [0.29, 0.717) is 12.1 Å². The average molecular weight is 256 g/mol. The maximum absolute atomic E-state index is 5.56. The van der Waals surface area contributed by atoms with Gasteiger partial charge in [0.05, 0.1) is 6.10 Å². The van der Waals surface area contributed by atoms with Gasteiger partial charge < -0.3 is 15.4 Å². The molecule has 17 heavy (non-hydrogen) atoms. The minimum absolute atomic E-state index is 0.362. The number of nitrogens with one attached hydrogen (secondary N) is 2. The fraction of sp³-hybridized carbons (Fsp3) is 0.923. The molecule has 98 valence electrons. The van der Waals surface area contributed by atoms with Crippen LogP contribution in [0.5, 0.6) is 0 Å². The van der Waals surface area contributed by atoms with Gasteiger partial charge in [-0.05, 0) is 56.7 Å². The smallest absolute Gasteiger partial charge is 0.166 e. The maximum Gasteiger partial charge on any atom is 0.166 e. The van der Waals surface area contributed by atoms with Crippen LogP contribution in [0, 0.1) is 5.92 Å². The Balaban J connectivity index is 1.60. The summed E-state index contributed by atoms with van der Waals surface area (Å²) in [6.07, 6.45) is 7.87. The second kappa shape index (κ2) is 6.55. The quantitative estimate of drug-likeness (QED) is 0.759. The Bertz CT molecular complexity index is 246. The molecular weight excluding hydrogens is 232 g/mol. The lowest BCUT2D eigenvalue weighted by Gasteiger charge is -2.28. The summed E-state index contributed by atoms with van der Waals surface area (Å²) < 4.78 is 5.56. The fourth-order valence-electron chi connectivity index (χ4n) is 2.65. The van der Waals surface area contributed by atoms with Gasteiger partial charge in [0, 0.05) is 19.2 Å². The van der Waals surface area contributed by atoms with Gasteiger partial charge in [-0.1, -0.05) is 6.92 Å². The van der Waals surface area contributed by atoms with E-state index in [1.807, 2.05) is 0 Å². The molecule has 1 aliphatic heterocycles. The van der Waals surface area contributed by atoms with Gasteiger partial charge in [0.15, 0.2) is 5.11 Å². The highest BCUT2D eigenvalue weighted by molar-refractivity contribution is 7.80.